The second kappa shape index (κ2) is 4.58. The van der Waals surface area contributed by atoms with Crippen molar-refractivity contribution in [3.8, 4) is 11.8 Å². The molecule has 0 saturated carbocycles. The highest BCUT2D eigenvalue weighted by molar-refractivity contribution is 5.25. The molecule has 12 heavy (non-hydrogen) atoms. The lowest BCUT2D eigenvalue weighted by Crippen LogP contribution is -1.93. The maximum Gasteiger partial charge on any atom is 0.0551 e. The maximum atomic E-state index is 5.25. The fraction of sp³-hybridized carbons (Fsp3) is 0.273. The minimum atomic E-state index is 0.450. The first kappa shape index (κ1) is 8.83. The van der Waals surface area contributed by atoms with Crippen molar-refractivity contribution in [2.75, 3.05) is 6.54 Å². The van der Waals surface area contributed by atoms with E-state index in [9.17, 15) is 0 Å². The van der Waals surface area contributed by atoms with Crippen molar-refractivity contribution in [1.82, 2.24) is 0 Å². The van der Waals surface area contributed by atoms with Crippen molar-refractivity contribution < 1.29 is 0 Å². The maximum absolute atomic E-state index is 5.25. The van der Waals surface area contributed by atoms with Crippen molar-refractivity contribution in [2.24, 2.45) is 5.73 Å². The zero-order valence-corrected chi connectivity index (χ0v) is 7.30. The molecule has 0 bridgehead atoms. The van der Waals surface area contributed by atoms with Crippen molar-refractivity contribution in [3.63, 3.8) is 0 Å². The van der Waals surface area contributed by atoms with Gasteiger partial charge in [-0.3, -0.25) is 0 Å². The summed E-state index contributed by atoms with van der Waals surface area (Å²) < 4.78 is 0. The van der Waals surface area contributed by atoms with Crippen molar-refractivity contribution >= 4 is 0 Å². The summed E-state index contributed by atoms with van der Waals surface area (Å²) in [6, 6.07) is 8.36. The molecule has 2 N–H and O–H groups in total. The first-order chi connectivity index (χ1) is 5.83. The molecule has 1 aromatic rings. The normalized spacial score (nSPS) is 8.83. The highest BCUT2D eigenvalue weighted by Crippen LogP contribution is 2.03. The standard InChI is InChI=1S/C11H13N/c1-10-5-4-7-11(9-10)6-2-3-8-12/h4-5,7,9H,6,8,12H2,1H3. The molecular weight excluding hydrogens is 146 g/mol. The van der Waals surface area contributed by atoms with Gasteiger partial charge >= 0.3 is 0 Å². The Morgan fingerprint density at radius 3 is 2.83 bits per heavy atom. The average Bonchev–Trinajstić information content (AvgIpc) is 2.05. The molecule has 0 amide bonds. The van der Waals surface area contributed by atoms with Crippen LogP contribution in [0.3, 0.4) is 0 Å². The van der Waals surface area contributed by atoms with Crippen LogP contribution in [0.25, 0.3) is 0 Å². The van der Waals surface area contributed by atoms with Gasteiger partial charge in [0.2, 0.25) is 0 Å². The summed E-state index contributed by atoms with van der Waals surface area (Å²) >= 11 is 0. The van der Waals surface area contributed by atoms with Crippen LogP contribution in [0.15, 0.2) is 24.3 Å². The Kier molecular flexibility index (Phi) is 3.37. The topological polar surface area (TPSA) is 26.0 Å². The Balaban J connectivity index is 2.63. The fourth-order valence-corrected chi connectivity index (χ4v) is 1.06. The second-order valence-electron chi connectivity index (χ2n) is 2.72. The Labute approximate surface area is 73.6 Å². The highest BCUT2D eigenvalue weighted by atomic mass is 14.5. The number of hydrogen-bond acceptors (Lipinski definition) is 1. The van der Waals surface area contributed by atoms with Crippen LogP contribution in [-0.2, 0) is 6.42 Å². The third-order valence-corrected chi connectivity index (χ3v) is 1.60. The van der Waals surface area contributed by atoms with Crippen LogP contribution in [0.4, 0.5) is 0 Å². The van der Waals surface area contributed by atoms with Gasteiger partial charge < -0.3 is 5.73 Å². The summed E-state index contributed by atoms with van der Waals surface area (Å²) in [4.78, 5) is 0. The van der Waals surface area contributed by atoms with Gasteiger partial charge in [0.05, 0.1) is 6.54 Å². The van der Waals surface area contributed by atoms with Gasteiger partial charge in [0.15, 0.2) is 0 Å². The lowest BCUT2D eigenvalue weighted by atomic mass is 10.1. The highest BCUT2D eigenvalue weighted by Gasteiger charge is 1.88. The minimum Gasteiger partial charge on any atom is -0.320 e. The van der Waals surface area contributed by atoms with E-state index >= 15 is 0 Å². The Morgan fingerprint density at radius 2 is 2.17 bits per heavy atom. The van der Waals surface area contributed by atoms with E-state index < -0.39 is 0 Å². The van der Waals surface area contributed by atoms with Crippen LogP contribution < -0.4 is 5.73 Å². The van der Waals surface area contributed by atoms with E-state index in [1.807, 2.05) is 0 Å². The third-order valence-electron chi connectivity index (χ3n) is 1.60. The number of aryl methyl sites for hydroxylation is 1. The van der Waals surface area contributed by atoms with Gasteiger partial charge in [0, 0.05) is 6.42 Å². The molecule has 0 heterocycles. The molecule has 0 aliphatic heterocycles. The lowest BCUT2D eigenvalue weighted by Gasteiger charge is -1.95. The predicted molar refractivity (Wildman–Crippen MR) is 51.7 cm³/mol. The molecule has 0 aliphatic carbocycles. The van der Waals surface area contributed by atoms with Gasteiger partial charge in [0.25, 0.3) is 0 Å². The minimum absolute atomic E-state index is 0.450. The van der Waals surface area contributed by atoms with E-state index in [1.165, 1.54) is 11.1 Å². The van der Waals surface area contributed by atoms with Gasteiger partial charge in [0.1, 0.15) is 0 Å². The molecule has 0 radical (unpaired) electrons. The Morgan fingerprint density at radius 1 is 1.33 bits per heavy atom. The first-order valence-corrected chi connectivity index (χ1v) is 4.04. The average molecular weight is 159 g/mol. The molecule has 0 saturated heterocycles. The Hall–Kier alpha value is -1.26. The molecule has 0 fully saturated rings. The van der Waals surface area contributed by atoms with Crippen molar-refractivity contribution in [1.29, 1.82) is 0 Å². The molecule has 0 spiro atoms. The summed E-state index contributed by atoms with van der Waals surface area (Å²) in [5, 5.41) is 0. The van der Waals surface area contributed by atoms with Gasteiger partial charge in [-0.05, 0) is 12.5 Å². The van der Waals surface area contributed by atoms with E-state index in [0.29, 0.717) is 6.54 Å². The molecule has 1 nitrogen and oxygen atoms in total. The predicted octanol–water partition coefficient (Wildman–Crippen LogP) is 1.50. The quantitative estimate of drug-likeness (QED) is 0.617. The second-order valence-corrected chi connectivity index (χ2v) is 2.72. The number of hydrogen-bond donors (Lipinski definition) is 1. The summed E-state index contributed by atoms with van der Waals surface area (Å²) in [5.74, 6) is 5.85. The molecule has 62 valence electrons. The number of rotatable bonds is 1. The SMILES string of the molecule is Cc1cccc(CC#CCN)c1. The van der Waals surface area contributed by atoms with Crippen LogP contribution >= 0.6 is 0 Å². The van der Waals surface area contributed by atoms with E-state index in [4.69, 9.17) is 5.73 Å². The van der Waals surface area contributed by atoms with Crippen LogP contribution in [0.1, 0.15) is 11.1 Å². The zero-order valence-electron chi connectivity index (χ0n) is 7.30. The van der Waals surface area contributed by atoms with Crippen LogP contribution in [0.2, 0.25) is 0 Å². The molecule has 1 aromatic carbocycles. The van der Waals surface area contributed by atoms with Crippen LogP contribution in [0.5, 0.6) is 0 Å². The first-order valence-electron chi connectivity index (χ1n) is 4.04. The molecule has 0 aromatic heterocycles. The number of benzene rings is 1. The largest absolute Gasteiger partial charge is 0.320 e. The number of nitrogens with two attached hydrogens (primary N) is 1. The summed E-state index contributed by atoms with van der Waals surface area (Å²) in [6.07, 6.45) is 0.804. The van der Waals surface area contributed by atoms with E-state index in [-0.39, 0.29) is 0 Å². The lowest BCUT2D eigenvalue weighted by molar-refractivity contribution is 1.26. The zero-order chi connectivity index (χ0) is 8.81. The van der Waals surface area contributed by atoms with Gasteiger partial charge in [-0.2, -0.15) is 0 Å². The van der Waals surface area contributed by atoms with E-state index in [1.54, 1.807) is 0 Å². The van der Waals surface area contributed by atoms with E-state index in [0.717, 1.165) is 6.42 Å². The van der Waals surface area contributed by atoms with E-state index in [2.05, 4.69) is 43.0 Å². The van der Waals surface area contributed by atoms with Gasteiger partial charge in [-0.1, -0.05) is 41.7 Å². The van der Waals surface area contributed by atoms with Crippen LogP contribution in [-0.4, -0.2) is 6.54 Å². The van der Waals surface area contributed by atoms with Gasteiger partial charge in [-0.15, -0.1) is 0 Å². The molecule has 0 aliphatic rings. The van der Waals surface area contributed by atoms with Gasteiger partial charge in [-0.25, -0.2) is 0 Å². The third kappa shape index (κ3) is 2.77. The van der Waals surface area contributed by atoms with Crippen molar-refractivity contribution in [3.05, 3.63) is 35.4 Å². The fourth-order valence-electron chi connectivity index (χ4n) is 1.06. The summed E-state index contributed by atoms with van der Waals surface area (Å²) in [7, 11) is 0. The molecule has 1 rings (SSSR count). The summed E-state index contributed by atoms with van der Waals surface area (Å²) in [5.41, 5.74) is 7.79. The Bertz CT molecular complexity index is 304. The smallest absolute Gasteiger partial charge is 0.0551 e. The summed E-state index contributed by atoms with van der Waals surface area (Å²) in [6.45, 7) is 2.53. The monoisotopic (exact) mass is 159 g/mol. The molecule has 0 unspecified atom stereocenters. The van der Waals surface area contributed by atoms with Crippen molar-refractivity contribution in [2.45, 2.75) is 13.3 Å². The molecular formula is C11H13N. The van der Waals surface area contributed by atoms with Crippen LogP contribution in [0, 0.1) is 18.8 Å². The molecule has 1 heteroatoms. The molecule has 0 atom stereocenters.